The van der Waals surface area contributed by atoms with Crippen LogP contribution in [-0.2, 0) is 14.3 Å². The van der Waals surface area contributed by atoms with Crippen LogP contribution in [0.15, 0.2) is 22.7 Å². The zero-order valence-corrected chi connectivity index (χ0v) is 14.9. The molecule has 1 amide bonds. The highest BCUT2D eigenvalue weighted by Crippen LogP contribution is 2.21. The van der Waals surface area contributed by atoms with Gasteiger partial charge in [0.15, 0.2) is 12.9 Å². The first kappa shape index (κ1) is 19.2. The number of amides is 1. The van der Waals surface area contributed by atoms with E-state index in [4.69, 9.17) is 4.74 Å². The second kappa shape index (κ2) is 9.29. The van der Waals surface area contributed by atoms with Crippen LogP contribution < -0.4 is 10.1 Å². The van der Waals surface area contributed by atoms with Gasteiger partial charge in [-0.15, -0.1) is 0 Å². The first-order valence-electron chi connectivity index (χ1n) is 7.12. The summed E-state index contributed by atoms with van der Waals surface area (Å²) in [6.45, 7) is 3.58. The second-order valence-corrected chi connectivity index (χ2v) is 6.28. The number of ether oxygens (including phenoxy) is 2. The molecule has 1 N–H and O–H groups in total. The molecule has 0 aliphatic carbocycles. The molecule has 1 aromatic rings. The van der Waals surface area contributed by atoms with Crippen LogP contribution in [0.25, 0.3) is 0 Å². The molecule has 7 heteroatoms. The quantitative estimate of drug-likeness (QED) is 0.548. The highest BCUT2D eigenvalue weighted by atomic mass is 79.9. The Morgan fingerprint density at radius 2 is 2.04 bits per heavy atom. The highest BCUT2D eigenvalue weighted by Gasteiger charge is 2.22. The molecule has 23 heavy (non-hydrogen) atoms. The molecule has 0 aromatic heterocycles. The minimum Gasteiger partial charge on any atom is -0.483 e. The summed E-state index contributed by atoms with van der Waals surface area (Å²) in [5, 5.41) is 2.58. The molecule has 6 nitrogen and oxygen atoms in total. The van der Waals surface area contributed by atoms with Crippen molar-refractivity contribution >= 4 is 34.1 Å². The average Bonchev–Trinajstić information content (AvgIpc) is 2.51. The van der Waals surface area contributed by atoms with Crippen LogP contribution >= 0.6 is 15.9 Å². The van der Waals surface area contributed by atoms with Crippen LogP contribution in [0.3, 0.4) is 0 Å². The third-order valence-corrected chi connectivity index (χ3v) is 3.48. The van der Waals surface area contributed by atoms with Crippen LogP contribution in [0.2, 0.25) is 0 Å². The summed E-state index contributed by atoms with van der Waals surface area (Å²) < 4.78 is 10.8. The Kier molecular flexibility index (Phi) is 7.74. The van der Waals surface area contributed by atoms with Gasteiger partial charge >= 0.3 is 5.97 Å². The van der Waals surface area contributed by atoms with E-state index in [1.165, 1.54) is 7.11 Å². The first-order chi connectivity index (χ1) is 10.9. The lowest BCUT2D eigenvalue weighted by Gasteiger charge is -2.18. The molecule has 0 spiro atoms. The van der Waals surface area contributed by atoms with Crippen molar-refractivity contribution in [1.29, 1.82) is 0 Å². The Morgan fingerprint density at radius 1 is 1.35 bits per heavy atom. The number of aldehydes is 1. The van der Waals surface area contributed by atoms with Crippen molar-refractivity contribution in [3.05, 3.63) is 28.2 Å². The predicted octanol–water partition coefficient (Wildman–Crippen LogP) is 2.34. The van der Waals surface area contributed by atoms with E-state index >= 15 is 0 Å². The largest absolute Gasteiger partial charge is 0.483 e. The van der Waals surface area contributed by atoms with E-state index in [1.807, 2.05) is 13.8 Å². The SMILES string of the molecule is COC(=O)[C@@H](CC(C)C)NC(=O)COc1ccc(Br)cc1C=O. The summed E-state index contributed by atoms with van der Waals surface area (Å²) in [6.07, 6.45) is 1.12. The van der Waals surface area contributed by atoms with E-state index in [1.54, 1.807) is 18.2 Å². The van der Waals surface area contributed by atoms with Gasteiger partial charge in [-0.1, -0.05) is 29.8 Å². The molecule has 0 saturated carbocycles. The molecule has 126 valence electrons. The van der Waals surface area contributed by atoms with Crippen LogP contribution in [0.5, 0.6) is 5.75 Å². The van der Waals surface area contributed by atoms with Gasteiger partial charge in [-0.3, -0.25) is 9.59 Å². The Hall–Kier alpha value is -1.89. The second-order valence-electron chi connectivity index (χ2n) is 5.36. The third kappa shape index (κ3) is 6.40. The van der Waals surface area contributed by atoms with Crippen molar-refractivity contribution in [3.63, 3.8) is 0 Å². The van der Waals surface area contributed by atoms with Gasteiger partial charge in [0.2, 0.25) is 0 Å². The Balaban J connectivity index is 2.65. The van der Waals surface area contributed by atoms with Gasteiger partial charge in [-0.2, -0.15) is 0 Å². The zero-order valence-electron chi connectivity index (χ0n) is 13.3. The van der Waals surface area contributed by atoms with E-state index in [0.29, 0.717) is 24.0 Å². The van der Waals surface area contributed by atoms with Gasteiger partial charge in [-0.25, -0.2) is 4.79 Å². The van der Waals surface area contributed by atoms with Crippen molar-refractivity contribution in [2.45, 2.75) is 26.3 Å². The number of halogens is 1. The minimum atomic E-state index is -0.716. The fourth-order valence-corrected chi connectivity index (χ4v) is 2.33. The van der Waals surface area contributed by atoms with Gasteiger partial charge in [0, 0.05) is 4.47 Å². The first-order valence-corrected chi connectivity index (χ1v) is 7.91. The summed E-state index contributed by atoms with van der Waals surface area (Å²) >= 11 is 3.25. The fourth-order valence-electron chi connectivity index (χ4n) is 1.95. The molecule has 0 bridgehead atoms. The lowest BCUT2D eigenvalue weighted by Crippen LogP contribution is -2.44. The van der Waals surface area contributed by atoms with Crippen molar-refractivity contribution in [1.82, 2.24) is 5.32 Å². The Labute approximate surface area is 143 Å². The van der Waals surface area contributed by atoms with E-state index < -0.39 is 17.9 Å². The van der Waals surface area contributed by atoms with Gasteiger partial charge in [-0.05, 0) is 30.5 Å². The number of benzene rings is 1. The number of hydrogen-bond acceptors (Lipinski definition) is 5. The molecular weight excluding hydrogens is 366 g/mol. The van der Waals surface area contributed by atoms with Crippen molar-refractivity contribution in [2.75, 3.05) is 13.7 Å². The van der Waals surface area contributed by atoms with Crippen LogP contribution in [-0.4, -0.2) is 37.9 Å². The lowest BCUT2D eigenvalue weighted by atomic mass is 10.0. The average molecular weight is 386 g/mol. The Morgan fingerprint density at radius 3 is 2.61 bits per heavy atom. The summed E-state index contributed by atoms with van der Waals surface area (Å²) in [5.41, 5.74) is 0.332. The maximum atomic E-state index is 12.0. The number of nitrogens with one attached hydrogen (secondary N) is 1. The summed E-state index contributed by atoms with van der Waals surface area (Å²) in [7, 11) is 1.27. The summed E-state index contributed by atoms with van der Waals surface area (Å²) in [5.74, 6) is -0.435. The minimum absolute atomic E-state index is 0.216. The van der Waals surface area contributed by atoms with Gasteiger partial charge in [0.05, 0.1) is 12.7 Å². The number of rotatable bonds is 8. The Bertz CT molecular complexity index is 574. The highest BCUT2D eigenvalue weighted by molar-refractivity contribution is 9.10. The van der Waals surface area contributed by atoms with Crippen molar-refractivity contribution in [3.8, 4) is 5.75 Å². The number of hydrogen-bond donors (Lipinski definition) is 1. The molecule has 0 unspecified atom stereocenters. The molecule has 1 aromatic carbocycles. The maximum Gasteiger partial charge on any atom is 0.328 e. The van der Waals surface area contributed by atoms with E-state index in [-0.39, 0.29) is 12.5 Å². The standard InChI is InChI=1S/C16H20BrNO5/c1-10(2)6-13(16(21)22-3)18-15(20)9-23-14-5-4-12(17)7-11(14)8-19/h4-5,7-8,10,13H,6,9H2,1-3H3,(H,18,20)/t13-/m1/s1. The zero-order chi connectivity index (χ0) is 17.4. The smallest absolute Gasteiger partial charge is 0.328 e. The molecule has 1 rings (SSSR count). The topological polar surface area (TPSA) is 81.7 Å². The van der Waals surface area contributed by atoms with Gasteiger partial charge in [0.25, 0.3) is 5.91 Å². The van der Waals surface area contributed by atoms with Crippen LogP contribution in [0.4, 0.5) is 0 Å². The lowest BCUT2D eigenvalue weighted by molar-refractivity contribution is -0.145. The molecule has 0 fully saturated rings. The predicted molar refractivity (Wildman–Crippen MR) is 88.4 cm³/mol. The van der Waals surface area contributed by atoms with Crippen molar-refractivity contribution in [2.24, 2.45) is 5.92 Å². The molecule has 0 aliphatic heterocycles. The molecular formula is C16H20BrNO5. The van der Waals surface area contributed by atoms with Crippen molar-refractivity contribution < 1.29 is 23.9 Å². The van der Waals surface area contributed by atoms with E-state index in [0.717, 1.165) is 4.47 Å². The molecule has 0 radical (unpaired) electrons. The van der Waals surface area contributed by atoms with E-state index in [9.17, 15) is 14.4 Å². The number of methoxy groups -OCH3 is 1. The van der Waals surface area contributed by atoms with Gasteiger partial charge < -0.3 is 14.8 Å². The monoisotopic (exact) mass is 385 g/mol. The molecule has 0 aliphatic rings. The summed E-state index contributed by atoms with van der Waals surface area (Å²) in [6, 6.07) is 4.17. The number of carbonyl (C=O) groups is 3. The molecule has 0 heterocycles. The van der Waals surface area contributed by atoms with Crippen LogP contribution in [0, 0.1) is 5.92 Å². The van der Waals surface area contributed by atoms with E-state index in [2.05, 4.69) is 26.0 Å². The normalized spacial score (nSPS) is 11.7. The maximum absolute atomic E-state index is 12.0. The number of esters is 1. The van der Waals surface area contributed by atoms with Gasteiger partial charge in [0.1, 0.15) is 11.8 Å². The third-order valence-electron chi connectivity index (χ3n) is 2.99. The number of carbonyl (C=O) groups excluding carboxylic acids is 3. The molecule has 1 atom stereocenters. The summed E-state index contributed by atoms with van der Waals surface area (Å²) in [4.78, 5) is 34.6. The molecule has 0 saturated heterocycles. The fraction of sp³-hybridized carbons (Fsp3) is 0.438. The van der Waals surface area contributed by atoms with Crippen LogP contribution in [0.1, 0.15) is 30.6 Å².